The van der Waals surface area contributed by atoms with Gasteiger partial charge in [0.1, 0.15) is 0 Å². The van der Waals surface area contributed by atoms with Crippen molar-refractivity contribution in [2.75, 3.05) is 52.4 Å². The van der Waals surface area contributed by atoms with Gasteiger partial charge in [0.05, 0.1) is 6.10 Å². The van der Waals surface area contributed by atoms with Gasteiger partial charge in [-0.15, -0.1) is 0 Å². The molecule has 2 aliphatic heterocycles. The Hall–Kier alpha value is -1.43. The molecule has 2 aliphatic rings. The zero-order chi connectivity index (χ0) is 16.1. The molecule has 1 atom stereocenters. The number of carbonyl (C=O) groups is 1. The molecule has 5 nitrogen and oxygen atoms in total. The maximum atomic E-state index is 11.6. The Morgan fingerprint density at radius 1 is 0.957 bits per heavy atom. The van der Waals surface area contributed by atoms with Crippen LogP contribution in [0.3, 0.4) is 0 Å². The first-order valence-corrected chi connectivity index (χ1v) is 8.68. The minimum absolute atomic E-state index is 0.314. The highest BCUT2D eigenvalue weighted by Crippen LogP contribution is 2.15. The van der Waals surface area contributed by atoms with Crippen LogP contribution >= 0.6 is 0 Å². The molecule has 2 fully saturated rings. The van der Waals surface area contributed by atoms with Crippen LogP contribution in [0.2, 0.25) is 0 Å². The number of hydrogen-bond donors (Lipinski definition) is 1. The predicted octanol–water partition coefficient (Wildman–Crippen LogP) is 0.960. The van der Waals surface area contributed by atoms with Crippen LogP contribution in [0.25, 0.3) is 0 Å². The van der Waals surface area contributed by atoms with Crippen molar-refractivity contribution in [3.05, 3.63) is 35.9 Å². The van der Waals surface area contributed by atoms with Gasteiger partial charge >= 0.3 is 0 Å². The lowest BCUT2D eigenvalue weighted by atomic mass is 10.1. The third-order valence-electron chi connectivity index (χ3n) is 4.94. The lowest BCUT2D eigenvalue weighted by molar-refractivity contribution is -0.127. The van der Waals surface area contributed by atoms with Gasteiger partial charge in [0.25, 0.3) is 0 Å². The molecular formula is C18H27N3O2. The molecule has 0 saturated carbocycles. The second-order valence-electron chi connectivity index (χ2n) is 6.55. The summed E-state index contributed by atoms with van der Waals surface area (Å²) in [5.41, 5.74) is 0.988. The van der Waals surface area contributed by atoms with Gasteiger partial charge in [-0.05, 0) is 12.0 Å². The van der Waals surface area contributed by atoms with E-state index in [4.69, 9.17) is 0 Å². The van der Waals surface area contributed by atoms with Gasteiger partial charge in [-0.1, -0.05) is 30.3 Å². The zero-order valence-electron chi connectivity index (χ0n) is 13.7. The summed E-state index contributed by atoms with van der Waals surface area (Å²) < 4.78 is 0. The molecule has 23 heavy (non-hydrogen) atoms. The number of amides is 1. The van der Waals surface area contributed by atoms with Gasteiger partial charge < -0.3 is 10.0 Å². The van der Waals surface area contributed by atoms with Crippen molar-refractivity contribution in [2.24, 2.45) is 0 Å². The Morgan fingerprint density at radius 2 is 1.65 bits per heavy atom. The molecule has 1 aromatic rings. The van der Waals surface area contributed by atoms with Crippen molar-refractivity contribution in [3.8, 4) is 0 Å². The zero-order valence-corrected chi connectivity index (χ0v) is 13.7. The minimum atomic E-state index is -0.412. The fourth-order valence-electron chi connectivity index (χ4n) is 3.42. The van der Waals surface area contributed by atoms with Crippen LogP contribution in [-0.4, -0.2) is 78.1 Å². The van der Waals surface area contributed by atoms with Crippen LogP contribution in [0.4, 0.5) is 0 Å². The van der Waals surface area contributed by atoms with Gasteiger partial charge in [0, 0.05) is 58.8 Å². The molecule has 1 amide bonds. The fourth-order valence-corrected chi connectivity index (χ4v) is 3.42. The molecule has 0 aromatic heterocycles. The molecule has 0 spiro atoms. The van der Waals surface area contributed by atoms with E-state index >= 15 is 0 Å². The number of aliphatic hydroxyl groups is 1. The number of nitrogens with zero attached hydrogens (tertiary/aromatic N) is 3. The highest BCUT2D eigenvalue weighted by molar-refractivity contribution is 5.78. The topological polar surface area (TPSA) is 47.0 Å². The second kappa shape index (κ2) is 7.90. The number of carbonyl (C=O) groups excluding carboxylic acids is 1. The summed E-state index contributed by atoms with van der Waals surface area (Å²) in [4.78, 5) is 18.4. The second-order valence-corrected chi connectivity index (χ2v) is 6.55. The van der Waals surface area contributed by atoms with E-state index in [0.29, 0.717) is 12.5 Å². The number of rotatable bonds is 6. The van der Waals surface area contributed by atoms with Crippen LogP contribution in [0.1, 0.15) is 24.5 Å². The number of piperazine rings is 1. The SMILES string of the molecule is O=C1CCCN1CCN1CCN(CC(O)c2ccccc2)CC1. The van der Waals surface area contributed by atoms with Crippen molar-refractivity contribution >= 4 is 5.91 Å². The molecular weight excluding hydrogens is 290 g/mol. The summed E-state index contributed by atoms with van der Waals surface area (Å²) in [6.45, 7) is 7.47. The highest BCUT2D eigenvalue weighted by Gasteiger charge is 2.23. The monoisotopic (exact) mass is 317 g/mol. The maximum Gasteiger partial charge on any atom is 0.222 e. The first-order valence-electron chi connectivity index (χ1n) is 8.68. The van der Waals surface area contributed by atoms with Crippen LogP contribution < -0.4 is 0 Å². The number of likely N-dealkylation sites (tertiary alicyclic amines) is 1. The summed E-state index contributed by atoms with van der Waals surface area (Å²) in [5, 5.41) is 10.3. The maximum absolute atomic E-state index is 11.6. The van der Waals surface area contributed by atoms with E-state index in [-0.39, 0.29) is 0 Å². The normalized spacial score (nSPS) is 21.8. The quantitative estimate of drug-likeness (QED) is 0.849. The van der Waals surface area contributed by atoms with Crippen molar-refractivity contribution in [1.82, 2.24) is 14.7 Å². The van der Waals surface area contributed by atoms with Gasteiger partial charge in [0.15, 0.2) is 0 Å². The van der Waals surface area contributed by atoms with E-state index < -0.39 is 6.10 Å². The lowest BCUT2D eigenvalue weighted by Gasteiger charge is -2.36. The third kappa shape index (κ3) is 4.53. The van der Waals surface area contributed by atoms with Gasteiger partial charge in [-0.3, -0.25) is 14.6 Å². The van der Waals surface area contributed by atoms with Crippen LogP contribution in [-0.2, 0) is 4.79 Å². The van der Waals surface area contributed by atoms with Crippen molar-refractivity contribution in [2.45, 2.75) is 18.9 Å². The number of β-amino-alcohol motifs (C(OH)–C–C–N with tert-alkyl or cyclic N) is 1. The molecule has 0 radical (unpaired) electrons. The van der Waals surface area contributed by atoms with Gasteiger partial charge in [-0.2, -0.15) is 0 Å². The van der Waals surface area contributed by atoms with Crippen molar-refractivity contribution in [1.29, 1.82) is 0 Å². The van der Waals surface area contributed by atoms with Gasteiger partial charge in [-0.25, -0.2) is 0 Å². The lowest BCUT2D eigenvalue weighted by Crippen LogP contribution is -2.49. The number of hydrogen-bond acceptors (Lipinski definition) is 4. The summed E-state index contributed by atoms with van der Waals surface area (Å²) in [5.74, 6) is 0.314. The summed E-state index contributed by atoms with van der Waals surface area (Å²) in [6, 6.07) is 9.87. The van der Waals surface area contributed by atoms with Gasteiger partial charge in [0.2, 0.25) is 5.91 Å². The van der Waals surface area contributed by atoms with E-state index in [2.05, 4.69) is 9.80 Å². The Bertz CT molecular complexity index is 500. The largest absolute Gasteiger partial charge is 0.387 e. The molecule has 126 valence electrons. The predicted molar refractivity (Wildman–Crippen MR) is 90.1 cm³/mol. The standard InChI is InChI=1S/C18H27N3O2/c22-17(16-5-2-1-3-6-16)15-20-11-9-19(10-12-20)13-14-21-8-4-7-18(21)23/h1-3,5-6,17,22H,4,7-15H2. The molecule has 1 unspecified atom stereocenters. The average molecular weight is 317 g/mol. The third-order valence-corrected chi connectivity index (χ3v) is 4.94. The van der Waals surface area contributed by atoms with E-state index in [1.165, 1.54) is 0 Å². The Labute approximate surface area is 138 Å². The molecule has 3 rings (SSSR count). The average Bonchev–Trinajstić information content (AvgIpc) is 3.00. The first-order chi connectivity index (χ1) is 11.2. The first kappa shape index (κ1) is 16.4. The molecule has 5 heteroatoms. The van der Waals surface area contributed by atoms with Crippen LogP contribution in [0, 0.1) is 0 Å². The van der Waals surface area contributed by atoms with Crippen molar-refractivity contribution < 1.29 is 9.90 Å². The highest BCUT2D eigenvalue weighted by atomic mass is 16.3. The smallest absolute Gasteiger partial charge is 0.222 e. The molecule has 1 N–H and O–H groups in total. The van der Waals surface area contributed by atoms with Crippen LogP contribution in [0.5, 0.6) is 0 Å². The van der Waals surface area contributed by atoms with E-state index in [1.54, 1.807) is 0 Å². The summed E-state index contributed by atoms with van der Waals surface area (Å²) >= 11 is 0. The summed E-state index contributed by atoms with van der Waals surface area (Å²) in [6.07, 6.45) is 1.33. The van der Waals surface area contributed by atoms with Crippen LogP contribution in [0.15, 0.2) is 30.3 Å². The molecule has 2 saturated heterocycles. The van der Waals surface area contributed by atoms with Crippen molar-refractivity contribution in [3.63, 3.8) is 0 Å². The molecule has 1 aromatic carbocycles. The Morgan fingerprint density at radius 3 is 2.30 bits per heavy atom. The molecule has 0 aliphatic carbocycles. The fraction of sp³-hybridized carbons (Fsp3) is 0.611. The Balaban J connectivity index is 1.37. The van der Waals surface area contributed by atoms with E-state index in [0.717, 1.165) is 64.2 Å². The number of benzene rings is 1. The van der Waals surface area contributed by atoms with E-state index in [9.17, 15) is 9.90 Å². The van der Waals surface area contributed by atoms with E-state index in [1.807, 2.05) is 35.2 Å². The minimum Gasteiger partial charge on any atom is -0.387 e. The number of aliphatic hydroxyl groups excluding tert-OH is 1. The Kier molecular flexibility index (Phi) is 5.65. The molecule has 2 heterocycles. The molecule has 0 bridgehead atoms. The summed E-state index contributed by atoms with van der Waals surface area (Å²) in [7, 11) is 0.